The van der Waals surface area contributed by atoms with Gasteiger partial charge >= 0.3 is 12.1 Å². The third-order valence-electron chi connectivity index (χ3n) is 3.35. The van der Waals surface area contributed by atoms with Crippen LogP contribution in [0.1, 0.15) is 30.5 Å². The van der Waals surface area contributed by atoms with Crippen molar-refractivity contribution in [2.24, 2.45) is 0 Å². The number of esters is 1. The molecule has 0 aliphatic carbocycles. The van der Waals surface area contributed by atoms with E-state index < -0.39 is 23.8 Å². The van der Waals surface area contributed by atoms with Crippen molar-refractivity contribution >= 4 is 11.9 Å². The number of carbonyl (C=O) groups excluding carboxylic acids is 2. The highest BCUT2D eigenvalue weighted by Crippen LogP contribution is 2.34. The summed E-state index contributed by atoms with van der Waals surface area (Å²) in [7, 11) is 1.20. The molecule has 1 aliphatic heterocycles. The average molecular weight is 314 g/mol. The Balaban J connectivity index is 2.42. The first kappa shape index (κ1) is 16.0. The molecule has 0 aromatic carbocycles. The summed E-state index contributed by atoms with van der Waals surface area (Å²) in [6, 6.07) is 2.04. The first-order valence-corrected chi connectivity index (χ1v) is 6.36. The van der Waals surface area contributed by atoms with Crippen LogP contribution in [0.2, 0.25) is 0 Å². The number of aromatic nitrogens is 1. The number of amides is 1. The number of methoxy groups -OCH3 is 1. The number of rotatable bonds is 2. The highest BCUT2D eigenvalue weighted by atomic mass is 19.4. The Morgan fingerprint density at radius 2 is 2.09 bits per heavy atom. The normalized spacial score (nSPS) is 19.0. The first-order valence-electron chi connectivity index (χ1n) is 6.36. The number of alkyl halides is 3. The van der Waals surface area contributed by atoms with Crippen molar-refractivity contribution in [3.63, 3.8) is 0 Å². The van der Waals surface area contributed by atoms with Gasteiger partial charge < -0.3 is 10.1 Å². The third kappa shape index (κ3) is 3.10. The quantitative estimate of drug-likeness (QED) is 0.849. The summed E-state index contributed by atoms with van der Waals surface area (Å²) in [5.41, 5.74) is -0.143. The highest BCUT2D eigenvalue weighted by Gasteiger charge is 2.35. The molecule has 2 heterocycles. The number of hydrogen-bond acceptors (Lipinski definition) is 4. The predicted molar refractivity (Wildman–Crippen MR) is 69.5 cm³/mol. The molecule has 5 nitrogen and oxygen atoms in total. The molecule has 0 saturated carbocycles. The number of hydrogen-bond donors (Lipinski definition) is 1. The Hall–Kier alpha value is -2.38. The number of halogens is 3. The van der Waals surface area contributed by atoms with Gasteiger partial charge in [0.25, 0.3) is 0 Å². The minimum atomic E-state index is -4.54. The summed E-state index contributed by atoms with van der Waals surface area (Å²) in [6.07, 6.45) is -3.57. The molecule has 0 saturated heterocycles. The molecule has 0 bridgehead atoms. The Labute approximate surface area is 124 Å². The fraction of sp³-hybridized carbons (Fsp3) is 0.357. The van der Waals surface area contributed by atoms with Crippen LogP contribution < -0.4 is 5.32 Å². The Bertz CT molecular complexity index is 636. The van der Waals surface area contributed by atoms with Crippen molar-refractivity contribution in [3.8, 4) is 0 Å². The zero-order chi connectivity index (χ0) is 16.5. The molecule has 8 heteroatoms. The van der Waals surface area contributed by atoms with E-state index in [0.29, 0.717) is 11.3 Å². The smallest absolute Gasteiger partial charge is 0.433 e. The molecule has 1 aromatic rings. The van der Waals surface area contributed by atoms with E-state index in [1.165, 1.54) is 20.1 Å². The van der Waals surface area contributed by atoms with E-state index in [4.69, 9.17) is 0 Å². The standard InChI is InChI=1S/C14H13F3N2O3/c1-7-12(13(21)22-2)9(5-11(20)19-7)8-3-4-10(18-6-8)14(15,16)17/h3-4,6,9H,5H2,1-2H3,(H,19,20)/t9-/m0/s1. The Morgan fingerprint density at radius 3 is 2.59 bits per heavy atom. The van der Waals surface area contributed by atoms with Gasteiger partial charge in [0.05, 0.1) is 12.7 Å². The van der Waals surface area contributed by atoms with Gasteiger partial charge in [-0.05, 0) is 18.6 Å². The maximum Gasteiger partial charge on any atom is 0.433 e. The number of nitrogens with zero attached hydrogens (tertiary/aromatic N) is 1. The number of nitrogens with one attached hydrogen (secondary N) is 1. The van der Waals surface area contributed by atoms with Crippen LogP contribution in [0.4, 0.5) is 13.2 Å². The van der Waals surface area contributed by atoms with Gasteiger partial charge in [-0.1, -0.05) is 6.07 Å². The molecule has 1 amide bonds. The topological polar surface area (TPSA) is 68.3 Å². The van der Waals surface area contributed by atoms with Crippen molar-refractivity contribution in [1.82, 2.24) is 10.3 Å². The van der Waals surface area contributed by atoms with E-state index in [2.05, 4.69) is 15.0 Å². The maximum absolute atomic E-state index is 12.5. The molecular formula is C14H13F3N2O3. The second-order valence-electron chi connectivity index (χ2n) is 4.81. The van der Waals surface area contributed by atoms with Crippen LogP contribution in [0.25, 0.3) is 0 Å². The summed E-state index contributed by atoms with van der Waals surface area (Å²) < 4.78 is 42.3. The van der Waals surface area contributed by atoms with Crippen LogP contribution >= 0.6 is 0 Å². The van der Waals surface area contributed by atoms with Gasteiger partial charge in [0.15, 0.2) is 0 Å². The summed E-state index contributed by atoms with van der Waals surface area (Å²) in [5.74, 6) is -1.64. The van der Waals surface area contributed by atoms with Crippen molar-refractivity contribution < 1.29 is 27.5 Å². The van der Waals surface area contributed by atoms with Crippen molar-refractivity contribution in [2.75, 3.05) is 7.11 Å². The lowest BCUT2D eigenvalue weighted by Crippen LogP contribution is -2.34. The second-order valence-corrected chi connectivity index (χ2v) is 4.81. The number of ether oxygens (including phenoxy) is 1. The molecule has 118 valence electrons. The first-order chi connectivity index (χ1) is 10.2. The van der Waals surface area contributed by atoms with Crippen molar-refractivity contribution in [2.45, 2.75) is 25.4 Å². The molecule has 22 heavy (non-hydrogen) atoms. The maximum atomic E-state index is 12.5. The molecule has 1 aliphatic rings. The largest absolute Gasteiger partial charge is 0.466 e. The molecule has 0 spiro atoms. The van der Waals surface area contributed by atoms with Crippen molar-refractivity contribution in [3.05, 3.63) is 40.9 Å². The van der Waals surface area contributed by atoms with Crippen LogP contribution in [-0.4, -0.2) is 24.0 Å². The lowest BCUT2D eigenvalue weighted by Gasteiger charge is -2.26. The van der Waals surface area contributed by atoms with Crippen LogP contribution in [-0.2, 0) is 20.5 Å². The summed E-state index contributed by atoms with van der Waals surface area (Å²) in [5, 5.41) is 2.52. The van der Waals surface area contributed by atoms with Crippen LogP contribution in [0.5, 0.6) is 0 Å². The summed E-state index contributed by atoms with van der Waals surface area (Å²) in [4.78, 5) is 26.9. The van der Waals surface area contributed by atoms with E-state index in [1.54, 1.807) is 0 Å². The Morgan fingerprint density at radius 1 is 1.41 bits per heavy atom. The van der Waals surface area contributed by atoms with Gasteiger partial charge in [-0.15, -0.1) is 0 Å². The molecule has 0 fully saturated rings. The Kier molecular flexibility index (Phi) is 4.20. The van der Waals surface area contributed by atoms with Gasteiger partial charge in [0.2, 0.25) is 5.91 Å². The van der Waals surface area contributed by atoms with E-state index in [1.807, 2.05) is 0 Å². The minimum absolute atomic E-state index is 0.0607. The number of allylic oxidation sites excluding steroid dienone is 1. The average Bonchev–Trinajstić information content (AvgIpc) is 2.45. The van der Waals surface area contributed by atoms with Gasteiger partial charge in [-0.2, -0.15) is 13.2 Å². The zero-order valence-electron chi connectivity index (χ0n) is 11.8. The molecule has 1 aromatic heterocycles. The van der Waals surface area contributed by atoms with Crippen LogP contribution in [0.3, 0.4) is 0 Å². The van der Waals surface area contributed by atoms with E-state index in [9.17, 15) is 22.8 Å². The van der Waals surface area contributed by atoms with Gasteiger partial charge in [0.1, 0.15) is 5.69 Å². The van der Waals surface area contributed by atoms with Crippen LogP contribution in [0.15, 0.2) is 29.6 Å². The van der Waals surface area contributed by atoms with Gasteiger partial charge in [-0.25, -0.2) is 4.79 Å². The second kappa shape index (κ2) is 5.78. The molecule has 0 radical (unpaired) electrons. The lowest BCUT2D eigenvalue weighted by atomic mass is 9.85. The van der Waals surface area contributed by atoms with E-state index in [-0.39, 0.29) is 17.9 Å². The van der Waals surface area contributed by atoms with Crippen molar-refractivity contribution in [1.29, 1.82) is 0 Å². The molecule has 2 rings (SSSR count). The van der Waals surface area contributed by atoms with Crippen LogP contribution in [0, 0.1) is 0 Å². The highest BCUT2D eigenvalue weighted by molar-refractivity contribution is 5.95. The SMILES string of the molecule is COC(=O)C1=C(C)NC(=O)C[C@H]1c1ccc(C(F)(F)F)nc1. The minimum Gasteiger partial charge on any atom is -0.466 e. The summed E-state index contributed by atoms with van der Waals surface area (Å²) >= 11 is 0. The molecule has 0 unspecified atom stereocenters. The third-order valence-corrected chi connectivity index (χ3v) is 3.35. The van der Waals surface area contributed by atoms with E-state index >= 15 is 0 Å². The van der Waals surface area contributed by atoms with E-state index in [0.717, 1.165) is 12.3 Å². The monoisotopic (exact) mass is 314 g/mol. The molecular weight excluding hydrogens is 301 g/mol. The van der Waals surface area contributed by atoms with Gasteiger partial charge in [0, 0.05) is 24.2 Å². The zero-order valence-corrected chi connectivity index (χ0v) is 11.8. The predicted octanol–water partition coefficient (Wildman–Crippen LogP) is 2.15. The molecule has 1 atom stereocenters. The number of carbonyl (C=O) groups is 2. The fourth-order valence-electron chi connectivity index (χ4n) is 2.35. The lowest BCUT2D eigenvalue weighted by molar-refractivity contribution is -0.141. The fourth-order valence-corrected chi connectivity index (χ4v) is 2.35. The number of pyridine rings is 1. The van der Waals surface area contributed by atoms with Gasteiger partial charge in [-0.3, -0.25) is 9.78 Å². The molecule has 1 N–H and O–H groups in total. The summed E-state index contributed by atoms with van der Waals surface area (Å²) in [6.45, 7) is 1.54.